The van der Waals surface area contributed by atoms with E-state index in [9.17, 15) is 4.79 Å². The number of aromatic nitrogens is 2. The van der Waals surface area contributed by atoms with Crippen molar-refractivity contribution in [3.8, 4) is 11.3 Å². The van der Waals surface area contributed by atoms with Crippen molar-refractivity contribution in [3.63, 3.8) is 0 Å². The first-order chi connectivity index (χ1) is 7.61. The minimum Gasteiger partial charge on any atom is -0.478 e. The van der Waals surface area contributed by atoms with Crippen LogP contribution in [0.15, 0.2) is 29.0 Å². The van der Waals surface area contributed by atoms with E-state index in [2.05, 4.69) is 25.9 Å². The Labute approximate surface area is 100 Å². The number of aromatic amines is 1. The van der Waals surface area contributed by atoms with Gasteiger partial charge < -0.3 is 10.1 Å². The lowest BCUT2D eigenvalue weighted by Gasteiger charge is -1.98. The molecule has 2 rings (SSSR count). The molecule has 0 atom stereocenters. The maximum absolute atomic E-state index is 11.0. The number of aryl methyl sites for hydroxylation is 1. The van der Waals surface area contributed by atoms with E-state index in [-0.39, 0.29) is 5.56 Å². The van der Waals surface area contributed by atoms with Gasteiger partial charge in [0.2, 0.25) is 0 Å². The Balaban J connectivity index is 2.61. The van der Waals surface area contributed by atoms with Crippen LogP contribution >= 0.6 is 15.9 Å². The second-order valence-electron chi connectivity index (χ2n) is 3.36. The highest BCUT2D eigenvalue weighted by molar-refractivity contribution is 9.10. The van der Waals surface area contributed by atoms with E-state index in [0.717, 1.165) is 11.3 Å². The van der Waals surface area contributed by atoms with Crippen LogP contribution < -0.4 is 0 Å². The van der Waals surface area contributed by atoms with Crippen molar-refractivity contribution >= 4 is 21.9 Å². The van der Waals surface area contributed by atoms with Gasteiger partial charge in [0.1, 0.15) is 0 Å². The summed E-state index contributed by atoms with van der Waals surface area (Å²) in [5, 5.41) is 9.04. The number of aromatic carboxylic acids is 1. The summed E-state index contributed by atoms with van der Waals surface area (Å²) in [5.74, 6) is -0.944. The molecule has 0 aromatic carbocycles. The van der Waals surface area contributed by atoms with Gasteiger partial charge in [0.05, 0.1) is 15.7 Å². The molecule has 0 aliphatic heterocycles. The molecule has 2 N–H and O–H groups in total. The number of nitrogens with zero attached hydrogens (tertiary/aromatic N) is 1. The van der Waals surface area contributed by atoms with Gasteiger partial charge in [0, 0.05) is 23.7 Å². The van der Waals surface area contributed by atoms with Crippen molar-refractivity contribution in [1.29, 1.82) is 0 Å². The fourth-order valence-electron chi connectivity index (χ4n) is 1.57. The van der Waals surface area contributed by atoms with Gasteiger partial charge in [-0.1, -0.05) is 0 Å². The maximum Gasteiger partial charge on any atom is 0.338 e. The van der Waals surface area contributed by atoms with Crippen LogP contribution in [0.2, 0.25) is 0 Å². The standard InChI is InChI=1S/C11H9BrN2O2/c1-6-8(11(15)16)9(12)10(14-6)7-2-4-13-5-3-7/h2-5,14H,1H3,(H,15,16). The molecule has 0 bridgehead atoms. The number of nitrogens with one attached hydrogen (secondary N) is 1. The molecule has 0 aliphatic carbocycles. The molecule has 0 aliphatic rings. The van der Waals surface area contributed by atoms with Crippen LogP contribution in [-0.2, 0) is 0 Å². The lowest BCUT2D eigenvalue weighted by molar-refractivity contribution is 0.0695. The minimum atomic E-state index is -0.944. The fourth-order valence-corrected chi connectivity index (χ4v) is 2.36. The van der Waals surface area contributed by atoms with Gasteiger partial charge in [-0.05, 0) is 35.0 Å². The van der Waals surface area contributed by atoms with Gasteiger partial charge in [0.25, 0.3) is 0 Å². The second-order valence-corrected chi connectivity index (χ2v) is 4.15. The van der Waals surface area contributed by atoms with Crippen molar-refractivity contribution in [2.45, 2.75) is 6.92 Å². The van der Waals surface area contributed by atoms with Gasteiger partial charge in [-0.3, -0.25) is 4.98 Å². The molecule has 82 valence electrons. The summed E-state index contributed by atoms with van der Waals surface area (Å²) < 4.78 is 0.573. The number of rotatable bonds is 2. The van der Waals surface area contributed by atoms with Crippen LogP contribution in [0.5, 0.6) is 0 Å². The van der Waals surface area contributed by atoms with Gasteiger partial charge in [0.15, 0.2) is 0 Å². The first-order valence-electron chi connectivity index (χ1n) is 4.63. The van der Waals surface area contributed by atoms with Crippen molar-refractivity contribution in [3.05, 3.63) is 40.3 Å². The number of carboxylic acids is 1. The third kappa shape index (κ3) is 1.74. The van der Waals surface area contributed by atoms with Crippen LogP contribution in [0.3, 0.4) is 0 Å². The SMILES string of the molecule is Cc1[nH]c(-c2ccncc2)c(Br)c1C(=O)O. The quantitative estimate of drug-likeness (QED) is 0.889. The van der Waals surface area contributed by atoms with Gasteiger partial charge >= 0.3 is 5.97 Å². The lowest BCUT2D eigenvalue weighted by Crippen LogP contribution is -1.97. The Morgan fingerprint density at radius 2 is 2.06 bits per heavy atom. The van der Waals surface area contributed by atoms with E-state index in [1.807, 2.05) is 12.1 Å². The number of carboxylic acid groups (broad SMARTS) is 1. The predicted octanol–water partition coefficient (Wildman–Crippen LogP) is 2.85. The highest BCUT2D eigenvalue weighted by Gasteiger charge is 2.19. The molecule has 0 unspecified atom stereocenters. The summed E-state index contributed by atoms with van der Waals surface area (Å²) in [5.41, 5.74) is 2.56. The van der Waals surface area contributed by atoms with Gasteiger partial charge in [-0.25, -0.2) is 4.79 Å². The van der Waals surface area contributed by atoms with E-state index in [4.69, 9.17) is 5.11 Å². The summed E-state index contributed by atoms with van der Waals surface area (Å²) in [6, 6.07) is 3.64. The van der Waals surface area contributed by atoms with Crippen LogP contribution in [0.4, 0.5) is 0 Å². The second kappa shape index (κ2) is 4.09. The molecular weight excluding hydrogens is 272 g/mol. The average molecular weight is 281 g/mol. The van der Waals surface area contributed by atoms with E-state index in [1.54, 1.807) is 19.3 Å². The smallest absolute Gasteiger partial charge is 0.338 e. The molecule has 2 aromatic heterocycles. The zero-order valence-electron chi connectivity index (χ0n) is 8.49. The van der Waals surface area contributed by atoms with Crippen molar-refractivity contribution in [1.82, 2.24) is 9.97 Å². The number of pyridine rings is 1. The topological polar surface area (TPSA) is 66.0 Å². The van der Waals surface area contributed by atoms with Gasteiger partial charge in [-0.2, -0.15) is 0 Å². The monoisotopic (exact) mass is 280 g/mol. The number of carbonyl (C=O) groups is 1. The highest BCUT2D eigenvalue weighted by Crippen LogP contribution is 2.32. The Kier molecular flexibility index (Phi) is 2.78. The summed E-state index contributed by atoms with van der Waals surface area (Å²) in [7, 11) is 0. The zero-order chi connectivity index (χ0) is 11.7. The molecule has 0 amide bonds. The van der Waals surface area contributed by atoms with Crippen LogP contribution in [-0.4, -0.2) is 21.0 Å². The van der Waals surface area contributed by atoms with Gasteiger partial charge in [-0.15, -0.1) is 0 Å². The molecule has 0 radical (unpaired) electrons. The third-order valence-corrected chi connectivity index (χ3v) is 3.10. The van der Waals surface area contributed by atoms with E-state index >= 15 is 0 Å². The third-order valence-electron chi connectivity index (χ3n) is 2.31. The summed E-state index contributed by atoms with van der Waals surface area (Å²) in [4.78, 5) is 18.0. The lowest BCUT2D eigenvalue weighted by atomic mass is 10.2. The number of halogens is 1. The average Bonchev–Trinajstić information content (AvgIpc) is 2.55. The van der Waals surface area contributed by atoms with Crippen LogP contribution in [0, 0.1) is 6.92 Å². The molecule has 2 heterocycles. The molecule has 4 nitrogen and oxygen atoms in total. The molecule has 0 spiro atoms. The summed E-state index contributed by atoms with van der Waals surface area (Å²) in [6.45, 7) is 1.74. The highest BCUT2D eigenvalue weighted by atomic mass is 79.9. The molecule has 16 heavy (non-hydrogen) atoms. The molecule has 0 saturated heterocycles. The number of hydrogen-bond donors (Lipinski definition) is 2. The molecule has 0 fully saturated rings. The summed E-state index contributed by atoms with van der Waals surface area (Å²) in [6.07, 6.45) is 3.33. The molecule has 2 aromatic rings. The largest absolute Gasteiger partial charge is 0.478 e. The number of H-pyrrole nitrogens is 1. The number of hydrogen-bond acceptors (Lipinski definition) is 2. The Morgan fingerprint density at radius 3 is 2.56 bits per heavy atom. The van der Waals surface area contributed by atoms with Crippen LogP contribution in [0.25, 0.3) is 11.3 Å². The minimum absolute atomic E-state index is 0.270. The predicted molar refractivity (Wildman–Crippen MR) is 63.4 cm³/mol. The summed E-state index contributed by atoms with van der Waals surface area (Å²) >= 11 is 3.31. The molecule has 0 saturated carbocycles. The van der Waals surface area contributed by atoms with E-state index in [0.29, 0.717) is 10.2 Å². The van der Waals surface area contributed by atoms with E-state index in [1.165, 1.54) is 0 Å². The Bertz CT molecular complexity index is 534. The van der Waals surface area contributed by atoms with Crippen LogP contribution in [0.1, 0.15) is 16.1 Å². The molecular formula is C11H9BrN2O2. The Morgan fingerprint density at radius 1 is 1.44 bits per heavy atom. The van der Waals surface area contributed by atoms with Crippen molar-refractivity contribution in [2.24, 2.45) is 0 Å². The fraction of sp³-hybridized carbons (Fsp3) is 0.0909. The molecule has 5 heteroatoms. The van der Waals surface area contributed by atoms with Crippen molar-refractivity contribution < 1.29 is 9.90 Å². The normalized spacial score (nSPS) is 10.4. The first kappa shape index (κ1) is 10.9. The Hall–Kier alpha value is -1.62. The van der Waals surface area contributed by atoms with Crippen molar-refractivity contribution in [2.75, 3.05) is 0 Å². The van der Waals surface area contributed by atoms with E-state index < -0.39 is 5.97 Å². The maximum atomic E-state index is 11.0. The first-order valence-corrected chi connectivity index (χ1v) is 5.42. The zero-order valence-corrected chi connectivity index (χ0v) is 10.1.